The van der Waals surface area contributed by atoms with Crippen LogP contribution in [0.3, 0.4) is 0 Å². The third-order valence-corrected chi connectivity index (χ3v) is 5.23. The average Bonchev–Trinajstić information content (AvgIpc) is 3.48. The van der Waals surface area contributed by atoms with E-state index in [1.165, 1.54) is 6.20 Å². The van der Waals surface area contributed by atoms with E-state index in [-0.39, 0.29) is 11.7 Å². The Labute approximate surface area is 178 Å². The highest BCUT2D eigenvalue weighted by atomic mass is 19.4. The number of pyridine rings is 1. The van der Waals surface area contributed by atoms with Crippen molar-refractivity contribution in [1.82, 2.24) is 30.0 Å². The molecule has 32 heavy (non-hydrogen) atoms. The molecule has 164 valence electrons. The Hall–Kier alpha value is -3.96. The van der Waals surface area contributed by atoms with E-state index in [0.717, 1.165) is 11.0 Å². The zero-order valence-electron chi connectivity index (χ0n) is 16.5. The van der Waals surface area contributed by atoms with Gasteiger partial charge in [0.05, 0.1) is 17.4 Å². The second-order valence-electron chi connectivity index (χ2n) is 7.24. The molecule has 1 amide bonds. The van der Waals surface area contributed by atoms with Gasteiger partial charge in [-0.3, -0.25) is 4.79 Å². The van der Waals surface area contributed by atoms with Gasteiger partial charge in [0, 0.05) is 43.5 Å². The second kappa shape index (κ2) is 7.62. The molecule has 1 saturated heterocycles. The molecule has 0 unspecified atom stereocenters. The number of aromatic amines is 1. The lowest BCUT2D eigenvalue weighted by molar-refractivity contribution is -0.159. The summed E-state index contributed by atoms with van der Waals surface area (Å²) in [5.41, 5.74) is 2.52. The molecule has 5 rings (SSSR count). The lowest BCUT2D eigenvalue weighted by Gasteiger charge is -2.35. The zero-order valence-corrected chi connectivity index (χ0v) is 16.5. The van der Waals surface area contributed by atoms with Crippen LogP contribution in [0, 0.1) is 0 Å². The summed E-state index contributed by atoms with van der Waals surface area (Å²) in [5, 5.41) is 3.36. The van der Waals surface area contributed by atoms with E-state index in [9.17, 15) is 18.0 Å². The minimum atomic E-state index is -4.69. The van der Waals surface area contributed by atoms with Gasteiger partial charge >= 0.3 is 12.1 Å². The summed E-state index contributed by atoms with van der Waals surface area (Å²) in [5.74, 6) is -0.980. The first kappa shape index (κ1) is 20.0. The first-order valence-electron chi connectivity index (χ1n) is 9.73. The van der Waals surface area contributed by atoms with Gasteiger partial charge in [0.2, 0.25) is 5.82 Å². The highest BCUT2D eigenvalue weighted by Gasteiger charge is 2.38. The third-order valence-electron chi connectivity index (χ3n) is 5.23. The van der Waals surface area contributed by atoms with E-state index < -0.39 is 12.1 Å². The minimum Gasteiger partial charge on any atom is -0.353 e. The molecule has 1 N–H and O–H groups in total. The quantitative estimate of drug-likeness (QED) is 0.519. The van der Waals surface area contributed by atoms with Gasteiger partial charge in [0.15, 0.2) is 0 Å². The summed E-state index contributed by atoms with van der Waals surface area (Å²) in [6.07, 6.45) is -1.71. The monoisotopic (exact) mass is 443 g/mol. The molecule has 12 heteroatoms. The maximum absolute atomic E-state index is 12.8. The molecular weight excluding hydrogens is 427 g/mol. The first-order chi connectivity index (χ1) is 15.4. The summed E-state index contributed by atoms with van der Waals surface area (Å²) < 4.78 is 42.1. The van der Waals surface area contributed by atoms with Crippen molar-refractivity contribution in [3.8, 4) is 11.4 Å². The molecule has 0 bridgehead atoms. The Morgan fingerprint density at radius 1 is 1.06 bits per heavy atom. The number of benzene rings is 1. The zero-order chi connectivity index (χ0) is 22.3. The number of amides is 1. The fourth-order valence-electron chi connectivity index (χ4n) is 3.55. The van der Waals surface area contributed by atoms with Crippen LogP contribution in [0.2, 0.25) is 0 Å². The Morgan fingerprint density at radius 2 is 1.88 bits per heavy atom. The fourth-order valence-corrected chi connectivity index (χ4v) is 3.55. The molecule has 9 nitrogen and oxygen atoms in total. The highest BCUT2D eigenvalue weighted by molar-refractivity contribution is 5.97. The molecule has 0 aliphatic carbocycles. The van der Waals surface area contributed by atoms with E-state index in [1.54, 1.807) is 35.5 Å². The van der Waals surface area contributed by atoms with Gasteiger partial charge in [-0.25, -0.2) is 9.97 Å². The van der Waals surface area contributed by atoms with Gasteiger partial charge in [-0.05, 0) is 30.3 Å². The van der Waals surface area contributed by atoms with Crippen molar-refractivity contribution in [1.29, 1.82) is 0 Å². The molecule has 1 aromatic carbocycles. The van der Waals surface area contributed by atoms with Crippen LogP contribution < -0.4 is 4.90 Å². The number of hydrogen-bond donors (Lipinski definition) is 1. The number of anilines is 1. The Bertz CT molecular complexity index is 1260. The number of rotatable bonds is 3. The van der Waals surface area contributed by atoms with Gasteiger partial charge in [-0.15, -0.1) is 0 Å². The van der Waals surface area contributed by atoms with Crippen molar-refractivity contribution in [2.24, 2.45) is 0 Å². The lowest BCUT2D eigenvalue weighted by atomic mass is 10.1. The number of fused-ring (bicyclic) bond motifs is 1. The average molecular weight is 443 g/mol. The van der Waals surface area contributed by atoms with E-state index in [1.807, 2.05) is 11.0 Å². The number of aromatic nitrogens is 5. The van der Waals surface area contributed by atoms with Gasteiger partial charge in [-0.1, -0.05) is 5.16 Å². The molecule has 0 spiro atoms. The number of carbonyl (C=O) groups is 1. The predicted octanol–water partition coefficient (Wildman–Crippen LogP) is 2.99. The summed E-state index contributed by atoms with van der Waals surface area (Å²) >= 11 is 0. The van der Waals surface area contributed by atoms with Crippen LogP contribution >= 0.6 is 0 Å². The molecule has 1 fully saturated rings. The van der Waals surface area contributed by atoms with Crippen LogP contribution in [0.5, 0.6) is 0 Å². The lowest BCUT2D eigenvalue weighted by Crippen LogP contribution is -2.49. The molecule has 0 atom stereocenters. The van der Waals surface area contributed by atoms with Crippen LogP contribution in [0.25, 0.3) is 22.4 Å². The van der Waals surface area contributed by atoms with Crippen LogP contribution in [0.15, 0.2) is 47.4 Å². The normalized spacial score (nSPS) is 14.8. The predicted molar refractivity (Wildman–Crippen MR) is 107 cm³/mol. The van der Waals surface area contributed by atoms with E-state index in [4.69, 9.17) is 0 Å². The van der Waals surface area contributed by atoms with E-state index >= 15 is 0 Å². The van der Waals surface area contributed by atoms with Gasteiger partial charge < -0.3 is 19.3 Å². The standard InChI is InChI=1S/C20H16F3N7O2/c21-20(22,23)19-27-17(28-32-19)13-2-4-16(24-10-13)29-5-7-30(8-6-29)18(31)12-1-3-14-15(9-12)26-11-25-14/h1-4,9-11H,5-8H2,(H,25,26). The van der Waals surface area contributed by atoms with Crippen molar-refractivity contribution in [2.75, 3.05) is 31.1 Å². The van der Waals surface area contributed by atoms with Crippen molar-refractivity contribution < 1.29 is 22.5 Å². The Morgan fingerprint density at radius 3 is 2.56 bits per heavy atom. The van der Waals surface area contributed by atoms with Crippen molar-refractivity contribution in [2.45, 2.75) is 6.18 Å². The molecule has 1 aliphatic heterocycles. The van der Waals surface area contributed by atoms with Crippen LogP contribution in [-0.4, -0.2) is 62.1 Å². The van der Waals surface area contributed by atoms with Gasteiger partial charge in [0.25, 0.3) is 5.91 Å². The maximum atomic E-state index is 12.8. The van der Waals surface area contributed by atoms with Crippen molar-refractivity contribution >= 4 is 22.8 Å². The number of nitrogens with one attached hydrogen (secondary N) is 1. The van der Waals surface area contributed by atoms with Gasteiger partial charge in [-0.2, -0.15) is 18.2 Å². The number of nitrogens with zero attached hydrogens (tertiary/aromatic N) is 6. The molecular formula is C20H16F3N7O2. The number of hydrogen-bond acceptors (Lipinski definition) is 7. The highest BCUT2D eigenvalue weighted by Crippen LogP contribution is 2.29. The van der Waals surface area contributed by atoms with Crippen LogP contribution in [0.1, 0.15) is 16.2 Å². The maximum Gasteiger partial charge on any atom is 0.471 e. The number of H-pyrrole nitrogens is 1. The summed E-state index contributed by atoms with van der Waals surface area (Å²) in [7, 11) is 0. The number of piperazine rings is 1. The topological polar surface area (TPSA) is 104 Å². The summed E-state index contributed by atoms with van der Waals surface area (Å²) in [6.45, 7) is 2.18. The molecule has 4 heterocycles. The van der Waals surface area contributed by atoms with Crippen molar-refractivity contribution in [3.63, 3.8) is 0 Å². The smallest absolute Gasteiger partial charge is 0.353 e. The van der Waals surface area contributed by atoms with E-state index in [0.29, 0.717) is 43.1 Å². The van der Waals surface area contributed by atoms with E-state index in [2.05, 4.69) is 29.6 Å². The summed E-state index contributed by atoms with van der Waals surface area (Å²) in [6, 6.07) is 8.63. The van der Waals surface area contributed by atoms with Crippen LogP contribution in [0.4, 0.5) is 19.0 Å². The van der Waals surface area contributed by atoms with Crippen molar-refractivity contribution in [3.05, 3.63) is 54.3 Å². The first-order valence-corrected chi connectivity index (χ1v) is 9.73. The van der Waals surface area contributed by atoms with Crippen LogP contribution in [-0.2, 0) is 6.18 Å². The molecule has 4 aromatic rings. The SMILES string of the molecule is O=C(c1ccc2nc[nH]c2c1)N1CCN(c2ccc(-c3noc(C(F)(F)F)n3)cn2)CC1. The number of carbonyl (C=O) groups excluding carboxylic acids is 1. The largest absolute Gasteiger partial charge is 0.471 e. The molecule has 3 aromatic heterocycles. The third kappa shape index (κ3) is 3.74. The number of halogens is 3. The molecule has 0 saturated carbocycles. The molecule has 0 radical (unpaired) electrons. The Balaban J connectivity index is 1.23. The number of imidazole rings is 1. The fraction of sp³-hybridized carbons (Fsp3) is 0.250. The summed E-state index contributed by atoms with van der Waals surface area (Å²) in [4.78, 5) is 31.5. The Kier molecular flexibility index (Phi) is 4.76. The number of alkyl halides is 3. The second-order valence-corrected chi connectivity index (χ2v) is 7.24. The minimum absolute atomic E-state index is 0.0537. The molecule has 1 aliphatic rings. The van der Waals surface area contributed by atoms with Gasteiger partial charge in [0.1, 0.15) is 5.82 Å².